The standard InChI is InChI=1S/C14H11Cl2NO2S/c15-11-3-1-10(2-4-11)14(9-17(18)19)20-13-7-5-12(16)6-8-13/h1-8,14H,9H2. The maximum Gasteiger partial charge on any atom is 0.220 e. The van der Waals surface area contributed by atoms with Crippen LogP contribution >= 0.6 is 35.0 Å². The van der Waals surface area contributed by atoms with Crippen LogP contribution in [0.15, 0.2) is 53.4 Å². The van der Waals surface area contributed by atoms with E-state index in [1.807, 2.05) is 24.3 Å². The van der Waals surface area contributed by atoms with Crippen LogP contribution in [0.4, 0.5) is 0 Å². The fourth-order valence-corrected chi connectivity index (χ4v) is 3.06. The summed E-state index contributed by atoms with van der Waals surface area (Å²) in [6.45, 7) is -0.144. The minimum Gasteiger partial charge on any atom is -0.264 e. The largest absolute Gasteiger partial charge is 0.264 e. The van der Waals surface area contributed by atoms with Gasteiger partial charge in [0.2, 0.25) is 6.54 Å². The van der Waals surface area contributed by atoms with Gasteiger partial charge in [0.1, 0.15) is 0 Å². The van der Waals surface area contributed by atoms with Crippen LogP contribution in [-0.4, -0.2) is 11.5 Å². The average molecular weight is 328 g/mol. The maximum atomic E-state index is 10.8. The van der Waals surface area contributed by atoms with E-state index in [0.717, 1.165) is 10.5 Å². The van der Waals surface area contributed by atoms with Gasteiger partial charge in [-0.2, -0.15) is 0 Å². The molecular weight excluding hydrogens is 317 g/mol. The highest BCUT2D eigenvalue weighted by Gasteiger charge is 2.19. The third kappa shape index (κ3) is 4.40. The lowest BCUT2D eigenvalue weighted by atomic mass is 10.1. The molecule has 104 valence electrons. The van der Waals surface area contributed by atoms with E-state index in [2.05, 4.69) is 0 Å². The molecule has 3 nitrogen and oxygen atoms in total. The fourth-order valence-electron chi connectivity index (χ4n) is 1.70. The molecule has 20 heavy (non-hydrogen) atoms. The highest BCUT2D eigenvalue weighted by Crippen LogP contribution is 2.36. The van der Waals surface area contributed by atoms with Gasteiger partial charge in [-0.3, -0.25) is 10.1 Å². The second-order valence-corrected chi connectivity index (χ2v) is 6.28. The van der Waals surface area contributed by atoms with E-state index < -0.39 is 0 Å². The molecule has 0 bridgehead atoms. The van der Waals surface area contributed by atoms with Gasteiger partial charge >= 0.3 is 0 Å². The number of rotatable bonds is 5. The number of hydrogen-bond donors (Lipinski definition) is 0. The van der Waals surface area contributed by atoms with Gasteiger partial charge in [0, 0.05) is 19.9 Å². The summed E-state index contributed by atoms with van der Waals surface area (Å²) in [6, 6.07) is 14.4. The highest BCUT2D eigenvalue weighted by molar-refractivity contribution is 7.99. The van der Waals surface area contributed by atoms with Gasteiger partial charge in [0.15, 0.2) is 0 Å². The van der Waals surface area contributed by atoms with Crippen LogP contribution in [-0.2, 0) is 0 Å². The number of halogens is 2. The Labute approximate surface area is 131 Å². The molecule has 0 saturated carbocycles. The second kappa shape index (κ2) is 6.97. The molecule has 0 radical (unpaired) electrons. The molecule has 0 saturated heterocycles. The average Bonchev–Trinajstić information content (AvgIpc) is 2.41. The lowest BCUT2D eigenvalue weighted by molar-refractivity contribution is -0.479. The third-order valence-electron chi connectivity index (χ3n) is 2.65. The van der Waals surface area contributed by atoms with E-state index in [9.17, 15) is 10.1 Å². The number of hydrogen-bond acceptors (Lipinski definition) is 3. The first-order chi connectivity index (χ1) is 9.54. The van der Waals surface area contributed by atoms with Crippen LogP contribution in [0.5, 0.6) is 0 Å². The van der Waals surface area contributed by atoms with Crippen molar-refractivity contribution in [2.24, 2.45) is 0 Å². The Morgan fingerprint density at radius 1 is 1.00 bits per heavy atom. The Kier molecular flexibility index (Phi) is 5.29. The van der Waals surface area contributed by atoms with Crippen LogP contribution in [0, 0.1) is 10.1 Å². The number of thioether (sulfide) groups is 1. The van der Waals surface area contributed by atoms with E-state index in [-0.39, 0.29) is 16.7 Å². The van der Waals surface area contributed by atoms with Gasteiger partial charge < -0.3 is 0 Å². The second-order valence-electron chi connectivity index (χ2n) is 4.13. The third-order valence-corrected chi connectivity index (χ3v) is 4.40. The van der Waals surface area contributed by atoms with Crippen molar-refractivity contribution in [2.75, 3.05) is 6.54 Å². The topological polar surface area (TPSA) is 43.1 Å². The van der Waals surface area contributed by atoms with Gasteiger partial charge in [0.25, 0.3) is 0 Å². The first-order valence-corrected chi connectivity index (χ1v) is 7.47. The minimum atomic E-state index is -0.303. The summed E-state index contributed by atoms with van der Waals surface area (Å²) in [5.41, 5.74) is 0.881. The molecule has 0 heterocycles. The fraction of sp³-hybridized carbons (Fsp3) is 0.143. The summed E-state index contributed by atoms with van der Waals surface area (Å²) >= 11 is 13.1. The van der Waals surface area contributed by atoms with E-state index in [4.69, 9.17) is 23.2 Å². The Morgan fingerprint density at radius 3 is 2.00 bits per heavy atom. The molecule has 0 aliphatic carbocycles. The quantitative estimate of drug-likeness (QED) is 0.435. The van der Waals surface area contributed by atoms with Crippen molar-refractivity contribution in [3.05, 3.63) is 74.3 Å². The van der Waals surface area contributed by atoms with Crippen molar-refractivity contribution >= 4 is 35.0 Å². The molecule has 0 N–H and O–H groups in total. The van der Waals surface area contributed by atoms with Crippen LogP contribution in [0.2, 0.25) is 10.0 Å². The lowest BCUT2D eigenvalue weighted by Crippen LogP contribution is -2.09. The van der Waals surface area contributed by atoms with Gasteiger partial charge in [0.05, 0.1) is 5.25 Å². The predicted molar refractivity (Wildman–Crippen MR) is 83.4 cm³/mol. The SMILES string of the molecule is O=[N+]([O-])CC(Sc1ccc(Cl)cc1)c1ccc(Cl)cc1. The smallest absolute Gasteiger partial charge is 0.220 e. The van der Waals surface area contributed by atoms with Crippen molar-refractivity contribution < 1.29 is 4.92 Å². The van der Waals surface area contributed by atoms with Gasteiger partial charge in [-0.15, -0.1) is 11.8 Å². The zero-order valence-corrected chi connectivity index (χ0v) is 12.7. The van der Waals surface area contributed by atoms with Gasteiger partial charge in [-0.1, -0.05) is 35.3 Å². The lowest BCUT2D eigenvalue weighted by Gasteiger charge is -2.13. The number of nitrogens with zero attached hydrogens (tertiary/aromatic N) is 1. The van der Waals surface area contributed by atoms with Gasteiger partial charge in [-0.05, 0) is 42.0 Å². The minimum absolute atomic E-state index is 0.144. The predicted octanol–water partition coefficient (Wildman–Crippen LogP) is 5.10. The molecule has 2 aromatic carbocycles. The molecule has 2 aromatic rings. The normalized spacial score (nSPS) is 12.1. The summed E-state index contributed by atoms with van der Waals surface area (Å²) in [6.07, 6.45) is 0. The maximum absolute atomic E-state index is 10.8. The number of benzene rings is 2. The molecule has 1 atom stereocenters. The molecule has 0 fully saturated rings. The Hall–Kier alpha value is -1.23. The Balaban J connectivity index is 2.21. The molecule has 6 heteroatoms. The summed E-state index contributed by atoms with van der Waals surface area (Å²) in [7, 11) is 0. The van der Waals surface area contributed by atoms with E-state index >= 15 is 0 Å². The molecule has 1 unspecified atom stereocenters. The Morgan fingerprint density at radius 2 is 1.50 bits per heavy atom. The van der Waals surface area contributed by atoms with E-state index in [1.54, 1.807) is 24.3 Å². The van der Waals surface area contributed by atoms with Crippen LogP contribution < -0.4 is 0 Å². The zero-order valence-electron chi connectivity index (χ0n) is 10.3. The Bertz CT molecular complexity index is 587. The monoisotopic (exact) mass is 327 g/mol. The van der Waals surface area contributed by atoms with Gasteiger partial charge in [-0.25, -0.2) is 0 Å². The van der Waals surface area contributed by atoms with Crippen LogP contribution in [0.3, 0.4) is 0 Å². The summed E-state index contributed by atoms with van der Waals surface area (Å²) in [5.74, 6) is 0. The van der Waals surface area contributed by atoms with Crippen LogP contribution in [0.1, 0.15) is 10.8 Å². The number of nitro groups is 1. The summed E-state index contributed by atoms with van der Waals surface area (Å²) in [5, 5.41) is 11.8. The van der Waals surface area contributed by atoms with Crippen molar-refractivity contribution in [1.29, 1.82) is 0 Å². The molecule has 0 aromatic heterocycles. The first kappa shape index (κ1) is 15.2. The zero-order chi connectivity index (χ0) is 14.5. The first-order valence-electron chi connectivity index (χ1n) is 5.84. The van der Waals surface area contributed by atoms with Crippen LogP contribution in [0.25, 0.3) is 0 Å². The molecule has 0 aliphatic rings. The molecule has 2 rings (SSSR count). The molecule has 0 aliphatic heterocycles. The molecule has 0 amide bonds. The summed E-state index contributed by atoms with van der Waals surface area (Å²) < 4.78 is 0. The van der Waals surface area contributed by atoms with E-state index in [1.165, 1.54) is 11.8 Å². The highest BCUT2D eigenvalue weighted by atomic mass is 35.5. The van der Waals surface area contributed by atoms with E-state index in [0.29, 0.717) is 10.0 Å². The van der Waals surface area contributed by atoms with Crippen molar-refractivity contribution in [2.45, 2.75) is 10.1 Å². The molecule has 0 spiro atoms. The van der Waals surface area contributed by atoms with Crippen molar-refractivity contribution in [1.82, 2.24) is 0 Å². The molecular formula is C14H11Cl2NO2S. The van der Waals surface area contributed by atoms with Crippen molar-refractivity contribution in [3.8, 4) is 0 Å². The van der Waals surface area contributed by atoms with Crippen molar-refractivity contribution in [3.63, 3.8) is 0 Å². The summed E-state index contributed by atoms with van der Waals surface area (Å²) in [4.78, 5) is 11.5.